The van der Waals surface area contributed by atoms with Crippen molar-refractivity contribution in [3.63, 3.8) is 0 Å². The quantitative estimate of drug-likeness (QED) is 0.463. The van der Waals surface area contributed by atoms with E-state index in [1.165, 1.54) is 0 Å². The SMILES string of the molecule is CCCCOc1ccc(C(=O)OCCCCOC)cc1OC. The van der Waals surface area contributed by atoms with Crippen LogP contribution in [0.1, 0.15) is 43.0 Å². The molecule has 0 aliphatic carbocycles. The summed E-state index contributed by atoms with van der Waals surface area (Å²) >= 11 is 0. The van der Waals surface area contributed by atoms with Crippen LogP contribution in [-0.2, 0) is 9.47 Å². The lowest BCUT2D eigenvalue weighted by Gasteiger charge is -2.12. The molecule has 0 amide bonds. The highest BCUT2D eigenvalue weighted by Gasteiger charge is 2.12. The zero-order chi connectivity index (χ0) is 16.2. The Balaban J connectivity index is 2.54. The summed E-state index contributed by atoms with van der Waals surface area (Å²) in [6, 6.07) is 5.09. The molecule has 0 aliphatic rings. The molecule has 0 aromatic heterocycles. The molecular formula is C17H26O5. The van der Waals surface area contributed by atoms with Gasteiger partial charge in [0.1, 0.15) is 0 Å². The van der Waals surface area contributed by atoms with Gasteiger partial charge in [0.25, 0.3) is 0 Å². The van der Waals surface area contributed by atoms with Crippen LogP contribution in [0.4, 0.5) is 0 Å². The lowest BCUT2D eigenvalue weighted by atomic mass is 10.2. The molecule has 0 atom stereocenters. The molecule has 0 radical (unpaired) electrons. The summed E-state index contributed by atoms with van der Waals surface area (Å²) in [5.41, 5.74) is 0.464. The Kier molecular flexibility index (Phi) is 9.07. The van der Waals surface area contributed by atoms with E-state index in [0.717, 1.165) is 25.7 Å². The molecule has 0 saturated carbocycles. The van der Waals surface area contributed by atoms with Gasteiger partial charge >= 0.3 is 5.97 Å². The molecule has 0 bridgehead atoms. The van der Waals surface area contributed by atoms with E-state index in [0.29, 0.717) is 36.9 Å². The third-order valence-corrected chi connectivity index (χ3v) is 3.13. The lowest BCUT2D eigenvalue weighted by molar-refractivity contribution is 0.0488. The van der Waals surface area contributed by atoms with E-state index < -0.39 is 0 Å². The highest BCUT2D eigenvalue weighted by molar-refractivity contribution is 5.90. The molecule has 0 aliphatic heterocycles. The van der Waals surface area contributed by atoms with Crippen LogP contribution in [-0.4, -0.2) is 40.0 Å². The minimum atomic E-state index is -0.351. The first-order valence-corrected chi connectivity index (χ1v) is 7.69. The van der Waals surface area contributed by atoms with Gasteiger partial charge in [0.15, 0.2) is 11.5 Å². The zero-order valence-corrected chi connectivity index (χ0v) is 13.7. The van der Waals surface area contributed by atoms with Gasteiger partial charge in [-0.3, -0.25) is 0 Å². The van der Waals surface area contributed by atoms with Gasteiger partial charge in [-0.2, -0.15) is 0 Å². The molecule has 5 nitrogen and oxygen atoms in total. The summed E-state index contributed by atoms with van der Waals surface area (Å²) in [5.74, 6) is 0.841. The minimum absolute atomic E-state index is 0.351. The second-order valence-electron chi connectivity index (χ2n) is 4.90. The van der Waals surface area contributed by atoms with Crippen LogP contribution in [0.3, 0.4) is 0 Å². The standard InChI is InChI=1S/C17H26O5/c1-4-5-11-21-15-9-8-14(13-16(15)20-3)17(18)22-12-7-6-10-19-2/h8-9,13H,4-7,10-12H2,1-3H3. The molecule has 1 aromatic rings. The molecule has 1 aromatic carbocycles. The van der Waals surface area contributed by atoms with Crippen molar-refractivity contribution in [2.24, 2.45) is 0 Å². The number of rotatable bonds is 11. The van der Waals surface area contributed by atoms with Crippen LogP contribution in [0, 0.1) is 0 Å². The van der Waals surface area contributed by atoms with Crippen molar-refractivity contribution >= 4 is 5.97 Å². The summed E-state index contributed by atoms with van der Waals surface area (Å²) in [6.07, 6.45) is 3.70. The van der Waals surface area contributed by atoms with E-state index >= 15 is 0 Å². The maximum atomic E-state index is 12.0. The summed E-state index contributed by atoms with van der Waals surface area (Å²) in [4.78, 5) is 12.0. The predicted molar refractivity (Wildman–Crippen MR) is 84.8 cm³/mol. The second kappa shape index (κ2) is 10.9. The van der Waals surface area contributed by atoms with Crippen molar-refractivity contribution in [1.29, 1.82) is 0 Å². The first-order valence-electron chi connectivity index (χ1n) is 7.69. The number of unbranched alkanes of at least 4 members (excludes halogenated alkanes) is 2. The minimum Gasteiger partial charge on any atom is -0.493 e. The third kappa shape index (κ3) is 6.35. The maximum Gasteiger partial charge on any atom is 0.338 e. The van der Waals surface area contributed by atoms with Crippen LogP contribution in [0.2, 0.25) is 0 Å². The smallest absolute Gasteiger partial charge is 0.338 e. The van der Waals surface area contributed by atoms with Crippen molar-refractivity contribution in [3.8, 4) is 11.5 Å². The monoisotopic (exact) mass is 310 g/mol. The van der Waals surface area contributed by atoms with Crippen LogP contribution in [0.15, 0.2) is 18.2 Å². The summed E-state index contributed by atoms with van der Waals surface area (Å²) in [6.45, 7) is 3.80. The first kappa shape index (κ1) is 18.3. The summed E-state index contributed by atoms with van der Waals surface area (Å²) in [5, 5.41) is 0. The van der Waals surface area contributed by atoms with Gasteiger partial charge in [-0.05, 0) is 37.5 Å². The van der Waals surface area contributed by atoms with Gasteiger partial charge in [-0.1, -0.05) is 13.3 Å². The molecule has 0 fully saturated rings. The average Bonchev–Trinajstić information content (AvgIpc) is 2.54. The second-order valence-corrected chi connectivity index (χ2v) is 4.90. The molecule has 0 unspecified atom stereocenters. The average molecular weight is 310 g/mol. The predicted octanol–water partition coefficient (Wildman–Crippen LogP) is 3.46. The number of carbonyl (C=O) groups is 1. The Morgan fingerprint density at radius 2 is 1.77 bits per heavy atom. The van der Waals surface area contributed by atoms with E-state index in [1.54, 1.807) is 32.4 Å². The fraction of sp³-hybridized carbons (Fsp3) is 0.588. The third-order valence-electron chi connectivity index (χ3n) is 3.13. The van der Waals surface area contributed by atoms with E-state index in [4.69, 9.17) is 18.9 Å². The van der Waals surface area contributed by atoms with Gasteiger partial charge in [0, 0.05) is 13.7 Å². The van der Waals surface area contributed by atoms with Crippen LogP contribution in [0.25, 0.3) is 0 Å². The van der Waals surface area contributed by atoms with Crippen LogP contribution in [0.5, 0.6) is 11.5 Å². The largest absolute Gasteiger partial charge is 0.493 e. The number of methoxy groups -OCH3 is 2. The highest BCUT2D eigenvalue weighted by atomic mass is 16.5. The molecule has 5 heteroatoms. The first-order chi connectivity index (χ1) is 10.7. The van der Waals surface area contributed by atoms with Crippen LogP contribution < -0.4 is 9.47 Å². The Morgan fingerprint density at radius 1 is 1.00 bits per heavy atom. The van der Waals surface area contributed by atoms with Crippen molar-refractivity contribution < 1.29 is 23.7 Å². The number of ether oxygens (including phenoxy) is 4. The Morgan fingerprint density at radius 3 is 2.45 bits per heavy atom. The molecule has 1 rings (SSSR count). The summed E-state index contributed by atoms with van der Waals surface area (Å²) in [7, 11) is 3.21. The molecule has 0 heterocycles. The molecule has 22 heavy (non-hydrogen) atoms. The zero-order valence-electron chi connectivity index (χ0n) is 13.7. The molecule has 0 spiro atoms. The maximum absolute atomic E-state index is 12.0. The number of hydrogen-bond acceptors (Lipinski definition) is 5. The van der Waals surface area contributed by atoms with Crippen molar-refractivity contribution in [1.82, 2.24) is 0 Å². The van der Waals surface area contributed by atoms with Gasteiger partial charge < -0.3 is 18.9 Å². The van der Waals surface area contributed by atoms with Gasteiger partial charge in [0.2, 0.25) is 0 Å². The van der Waals surface area contributed by atoms with E-state index in [-0.39, 0.29) is 5.97 Å². The fourth-order valence-corrected chi connectivity index (χ4v) is 1.84. The molecule has 0 saturated heterocycles. The Labute approximate surface area is 132 Å². The molecule has 124 valence electrons. The fourth-order valence-electron chi connectivity index (χ4n) is 1.84. The number of esters is 1. The topological polar surface area (TPSA) is 54.0 Å². The van der Waals surface area contributed by atoms with E-state index in [2.05, 4.69) is 6.92 Å². The van der Waals surface area contributed by atoms with E-state index in [1.807, 2.05) is 0 Å². The normalized spacial score (nSPS) is 10.3. The number of carbonyl (C=O) groups excluding carboxylic acids is 1. The van der Waals surface area contributed by atoms with E-state index in [9.17, 15) is 4.79 Å². The molecular weight excluding hydrogens is 284 g/mol. The van der Waals surface area contributed by atoms with Gasteiger partial charge in [-0.15, -0.1) is 0 Å². The molecule has 0 N–H and O–H groups in total. The lowest BCUT2D eigenvalue weighted by Crippen LogP contribution is -2.08. The van der Waals surface area contributed by atoms with Crippen molar-refractivity contribution in [3.05, 3.63) is 23.8 Å². The van der Waals surface area contributed by atoms with Gasteiger partial charge in [-0.25, -0.2) is 4.79 Å². The van der Waals surface area contributed by atoms with Gasteiger partial charge in [0.05, 0.1) is 25.9 Å². The van der Waals surface area contributed by atoms with Crippen molar-refractivity contribution in [2.45, 2.75) is 32.6 Å². The van der Waals surface area contributed by atoms with Crippen molar-refractivity contribution in [2.75, 3.05) is 34.0 Å². The highest BCUT2D eigenvalue weighted by Crippen LogP contribution is 2.28. The Bertz CT molecular complexity index is 445. The number of benzene rings is 1. The van der Waals surface area contributed by atoms with Crippen LogP contribution >= 0.6 is 0 Å². The number of hydrogen-bond donors (Lipinski definition) is 0. The summed E-state index contributed by atoms with van der Waals surface area (Å²) < 4.78 is 21.1. The Hall–Kier alpha value is -1.75.